The van der Waals surface area contributed by atoms with Crippen molar-refractivity contribution in [2.45, 2.75) is 6.92 Å². The van der Waals surface area contributed by atoms with E-state index in [0.29, 0.717) is 16.6 Å². The highest BCUT2D eigenvalue weighted by atomic mass is 35.5. The highest BCUT2D eigenvalue weighted by Crippen LogP contribution is 2.18. The molecule has 2 heterocycles. The van der Waals surface area contributed by atoms with Crippen LogP contribution in [0.4, 0.5) is 4.39 Å². The number of rotatable bonds is 1. The Bertz CT molecular complexity index is 984. The number of aromatic amines is 1. The average Bonchev–Trinajstić information content (AvgIpc) is 2.73. The van der Waals surface area contributed by atoms with Crippen LogP contribution >= 0.6 is 11.6 Å². The summed E-state index contributed by atoms with van der Waals surface area (Å²) in [4.78, 5) is 24.2. The summed E-state index contributed by atoms with van der Waals surface area (Å²) in [6.45, 7) is 1.67. The molecule has 0 amide bonds. The van der Waals surface area contributed by atoms with Gasteiger partial charge in [-0.15, -0.1) is 0 Å². The first kappa shape index (κ1) is 13.6. The summed E-state index contributed by atoms with van der Waals surface area (Å²) < 4.78 is 16.4. The van der Waals surface area contributed by atoms with Crippen molar-refractivity contribution in [2.24, 2.45) is 7.05 Å². The summed E-state index contributed by atoms with van der Waals surface area (Å²) in [5, 5.41) is 3.35. The number of aryl methyl sites for hydroxylation is 1. The van der Waals surface area contributed by atoms with Crippen molar-refractivity contribution in [1.29, 1.82) is 0 Å². The molecule has 0 fully saturated rings. The smallest absolute Gasteiger partial charge is 0.280 e. The van der Waals surface area contributed by atoms with Crippen molar-refractivity contribution in [3.63, 3.8) is 0 Å². The maximum Gasteiger partial charge on any atom is 0.280 e. The predicted octanol–water partition coefficient (Wildman–Crippen LogP) is 2.12. The fourth-order valence-electron chi connectivity index (χ4n) is 2.29. The Kier molecular flexibility index (Phi) is 2.98. The minimum Gasteiger partial charge on any atom is -0.315 e. The third-order valence-electron chi connectivity index (χ3n) is 3.53. The lowest BCUT2D eigenvalue weighted by Crippen LogP contribution is -2.20. The van der Waals surface area contributed by atoms with Gasteiger partial charge in [0.05, 0.1) is 10.9 Å². The SMILES string of the molecule is Cc1c2c(=O)n(-c3ccc(Cl)cc3F)[nH]c2cc(=O)n1C. The summed E-state index contributed by atoms with van der Waals surface area (Å²) >= 11 is 5.71. The maximum absolute atomic E-state index is 14.0. The molecule has 5 nitrogen and oxygen atoms in total. The average molecular weight is 308 g/mol. The van der Waals surface area contributed by atoms with Crippen molar-refractivity contribution < 1.29 is 4.39 Å². The van der Waals surface area contributed by atoms with Crippen LogP contribution in [0.3, 0.4) is 0 Å². The molecule has 0 saturated heterocycles. The van der Waals surface area contributed by atoms with E-state index in [0.717, 1.165) is 10.7 Å². The van der Waals surface area contributed by atoms with Crippen LogP contribution in [-0.2, 0) is 7.05 Å². The summed E-state index contributed by atoms with van der Waals surface area (Å²) in [6.07, 6.45) is 0. The lowest BCUT2D eigenvalue weighted by molar-refractivity contribution is 0.609. The summed E-state index contributed by atoms with van der Waals surface area (Å²) in [6, 6.07) is 5.33. The largest absolute Gasteiger partial charge is 0.315 e. The molecule has 0 spiro atoms. The minimum absolute atomic E-state index is 0.0510. The number of fused-ring (bicyclic) bond motifs is 1. The molecule has 0 aliphatic rings. The molecular weight excluding hydrogens is 297 g/mol. The number of halogens is 2. The first-order chi connectivity index (χ1) is 9.90. The third kappa shape index (κ3) is 1.99. The topological polar surface area (TPSA) is 59.8 Å². The van der Waals surface area contributed by atoms with Crippen LogP contribution in [0.2, 0.25) is 5.02 Å². The van der Waals surface area contributed by atoms with Gasteiger partial charge in [-0.2, -0.15) is 0 Å². The Balaban J connectivity index is 2.40. The number of benzene rings is 1. The van der Waals surface area contributed by atoms with E-state index < -0.39 is 11.4 Å². The van der Waals surface area contributed by atoms with Gasteiger partial charge in [-0.25, -0.2) is 9.07 Å². The van der Waals surface area contributed by atoms with E-state index in [1.165, 1.54) is 22.8 Å². The van der Waals surface area contributed by atoms with E-state index in [1.54, 1.807) is 14.0 Å². The Morgan fingerprint density at radius 2 is 1.95 bits per heavy atom. The number of pyridine rings is 1. The van der Waals surface area contributed by atoms with Crippen molar-refractivity contribution in [3.05, 3.63) is 61.5 Å². The molecule has 7 heteroatoms. The zero-order valence-corrected chi connectivity index (χ0v) is 12.0. The van der Waals surface area contributed by atoms with Gasteiger partial charge in [0, 0.05) is 23.8 Å². The predicted molar refractivity (Wildman–Crippen MR) is 78.8 cm³/mol. The molecule has 3 rings (SSSR count). The fraction of sp³-hybridized carbons (Fsp3) is 0.143. The molecule has 1 aromatic carbocycles. The minimum atomic E-state index is -0.625. The van der Waals surface area contributed by atoms with Crippen molar-refractivity contribution in [1.82, 2.24) is 14.3 Å². The van der Waals surface area contributed by atoms with E-state index in [2.05, 4.69) is 5.10 Å². The lowest BCUT2D eigenvalue weighted by Gasteiger charge is -2.03. The molecule has 0 saturated carbocycles. The van der Waals surface area contributed by atoms with E-state index >= 15 is 0 Å². The van der Waals surface area contributed by atoms with E-state index in [4.69, 9.17) is 11.6 Å². The van der Waals surface area contributed by atoms with Gasteiger partial charge in [-0.3, -0.25) is 14.7 Å². The van der Waals surface area contributed by atoms with E-state index in [9.17, 15) is 14.0 Å². The fourth-order valence-corrected chi connectivity index (χ4v) is 2.45. The van der Waals surface area contributed by atoms with Crippen LogP contribution in [0.5, 0.6) is 0 Å². The van der Waals surface area contributed by atoms with Crippen LogP contribution in [0.1, 0.15) is 5.69 Å². The lowest BCUT2D eigenvalue weighted by atomic mass is 10.2. The van der Waals surface area contributed by atoms with Gasteiger partial charge in [-0.1, -0.05) is 11.6 Å². The quantitative estimate of drug-likeness (QED) is 0.748. The van der Waals surface area contributed by atoms with Crippen molar-refractivity contribution in [2.75, 3.05) is 0 Å². The van der Waals surface area contributed by atoms with Gasteiger partial charge in [0.1, 0.15) is 11.5 Å². The molecule has 21 heavy (non-hydrogen) atoms. The number of aromatic nitrogens is 3. The van der Waals surface area contributed by atoms with Gasteiger partial charge >= 0.3 is 0 Å². The van der Waals surface area contributed by atoms with Gasteiger partial charge < -0.3 is 4.57 Å². The molecule has 0 aliphatic carbocycles. The number of hydrogen-bond donors (Lipinski definition) is 1. The second-order valence-electron chi connectivity index (χ2n) is 4.76. The first-order valence-electron chi connectivity index (χ1n) is 6.17. The molecule has 0 radical (unpaired) electrons. The standard InChI is InChI=1S/C14H11ClFN3O2/c1-7-13-10(6-12(20)18(7)2)17-19(14(13)21)11-4-3-8(15)5-9(11)16/h3-6,17H,1-2H3. The van der Waals surface area contributed by atoms with E-state index in [1.807, 2.05) is 0 Å². The summed E-state index contributed by atoms with van der Waals surface area (Å²) in [5.74, 6) is -0.625. The normalized spacial score (nSPS) is 11.2. The monoisotopic (exact) mass is 307 g/mol. The second kappa shape index (κ2) is 4.60. The number of nitrogens with zero attached hydrogens (tertiary/aromatic N) is 2. The Hall–Kier alpha value is -2.34. The molecule has 0 aliphatic heterocycles. The highest BCUT2D eigenvalue weighted by Gasteiger charge is 2.15. The molecule has 1 N–H and O–H groups in total. The molecule has 0 unspecified atom stereocenters. The van der Waals surface area contributed by atoms with Crippen LogP contribution in [0.25, 0.3) is 16.6 Å². The van der Waals surface area contributed by atoms with Crippen LogP contribution in [0, 0.1) is 12.7 Å². The maximum atomic E-state index is 14.0. The molecule has 108 valence electrons. The van der Waals surface area contributed by atoms with Crippen LogP contribution < -0.4 is 11.1 Å². The van der Waals surface area contributed by atoms with Crippen molar-refractivity contribution in [3.8, 4) is 5.69 Å². The van der Waals surface area contributed by atoms with Crippen LogP contribution in [-0.4, -0.2) is 14.3 Å². The second-order valence-corrected chi connectivity index (χ2v) is 5.20. The van der Waals surface area contributed by atoms with Gasteiger partial charge in [-0.05, 0) is 25.1 Å². The van der Waals surface area contributed by atoms with Crippen molar-refractivity contribution >= 4 is 22.5 Å². The Labute approximate surface area is 123 Å². The molecule has 0 atom stereocenters. The van der Waals surface area contributed by atoms with Crippen LogP contribution in [0.15, 0.2) is 33.9 Å². The first-order valence-corrected chi connectivity index (χ1v) is 6.54. The molecule has 3 aromatic rings. The Morgan fingerprint density at radius 3 is 2.62 bits per heavy atom. The summed E-state index contributed by atoms with van der Waals surface area (Å²) in [5.41, 5.74) is 0.279. The van der Waals surface area contributed by atoms with E-state index in [-0.39, 0.29) is 16.3 Å². The number of nitrogens with one attached hydrogen (secondary N) is 1. The summed E-state index contributed by atoms with van der Waals surface area (Å²) in [7, 11) is 1.58. The third-order valence-corrected chi connectivity index (χ3v) is 3.77. The Morgan fingerprint density at radius 1 is 1.24 bits per heavy atom. The molecule has 0 bridgehead atoms. The number of H-pyrrole nitrogens is 1. The number of hydrogen-bond acceptors (Lipinski definition) is 2. The molecular formula is C14H11ClFN3O2. The zero-order chi connectivity index (χ0) is 15.3. The zero-order valence-electron chi connectivity index (χ0n) is 11.3. The van der Waals surface area contributed by atoms with Gasteiger partial charge in [0.25, 0.3) is 11.1 Å². The van der Waals surface area contributed by atoms with Gasteiger partial charge in [0.2, 0.25) is 0 Å². The highest BCUT2D eigenvalue weighted by molar-refractivity contribution is 6.30. The molecule has 2 aromatic heterocycles. The van der Waals surface area contributed by atoms with Gasteiger partial charge in [0.15, 0.2) is 0 Å².